The molecule has 0 bridgehead atoms. The zero-order valence-electron chi connectivity index (χ0n) is 14.2. The van der Waals surface area contributed by atoms with Gasteiger partial charge in [-0.3, -0.25) is 4.90 Å². The average molecular weight is 310 g/mol. The number of fused-ring (bicyclic) bond motifs is 1. The van der Waals surface area contributed by atoms with Crippen LogP contribution < -0.4 is 0 Å². The summed E-state index contributed by atoms with van der Waals surface area (Å²) in [7, 11) is 5.86. The first-order valence-electron chi connectivity index (χ1n) is 8.53. The Balaban J connectivity index is 1.56. The van der Waals surface area contributed by atoms with E-state index in [9.17, 15) is 4.79 Å². The van der Waals surface area contributed by atoms with Gasteiger partial charge in [0.05, 0.1) is 12.7 Å². The van der Waals surface area contributed by atoms with E-state index in [1.807, 2.05) is 19.0 Å². The summed E-state index contributed by atoms with van der Waals surface area (Å²) in [6.07, 6.45) is 1.38. The third kappa shape index (κ3) is 3.39. The lowest BCUT2D eigenvalue weighted by Crippen LogP contribution is -2.52. The molecular weight excluding hydrogens is 280 g/mol. The van der Waals surface area contributed by atoms with Crippen molar-refractivity contribution in [1.29, 1.82) is 0 Å². The van der Waals surface area contributed by atoms with Gasteiger partial charge in [-0.25, -0.2) is 4.79 Å². The van der Waals surface area contributed by atoms with Gasteiger partial charge in [0.25, 0.3) is 0 Å². The van der Waals surface area contributed by atoms with E-state index in [0.717, 1.165) is 58.8 Å². The lowest BCUT2D eigenvalue weighted by molar-refractivity contribution is 0.0326. The van der Waals surface area contributed by atoms with Gasteiger partial charge in [-0.1, -0.05) is 0 Å². The zero-order chi connectivity index (χ0) is 15.7. The van der Waals surface area contributed by atoms with E-state index in [2.05, 4.69) is 16.8 Å². The summed E-state index contributed by atoms with van der Waals surface area (Å²) in [4.78, 5) is 20.8. The molecule has 0 aliphatic carbocycles. The standard InChI is InChI=1S/C16H30N4O2/c1-17(2)16(21)20-5-4-13-12-22-15(14(13)10-20)11-19-8-6-18(3)7-9-19/h13-15H,4-12H2,1-3H3/t13-,14-,15-/m1/s1. The Morgan fingerprint density at radius 1 is 1.18 bits per heavy atom. The van der Waals surface area contributed by atoms with Crippen LogP contribution in [0.4, 0.5) is 4.79 Å². The van der Waals surface area contributed by atoms with E-state index in [4.69, 9.17) is 4.74 Å². The minimum atomic E-state index is 0.142. The SMILES string of the molecule is CN1CCN(C[C@H]2OC[C@H]3CCN(C(=O)N(C)C)C[C@H]32)CC1. The summed E-state index contributed by atoms with van der Waals surface area (Å²) >= 11 is 0. The topological polar surface area (TPSA) is 39.3 Å². The number of hydrogen-bond acceptors (Lipinski definition) is 4. The summed E-state index contributed by atoms with van der Waals surface area (Å²) in [5.74, 6) is 1.15. The Kier molecular flexibility index (Phi) is 4.90. The van der Waals surface area contributed by atoms with Crippen LogP contribution in [0.15, 0.2) is 0 Å². The van der Waals surface area contributed by atoms with Crippen LogP contribution >= 0.6 is 0 Å². The van der Waals surface area contributed by atoms with Crippen LogP contribution in [0.5, 0.6) is 0 Å². The first-order valence-corrected chi connectivity index (χ1v) is 8.53. The molecular formula is C16H30N4O2. The number of rotatable bonds is 2. The summed E-state index contributed by atoms with van der Waals surface area (Å²) in [6, 6.07) is 0.142. The fourth-order valence-electron chi connectivity index (χ4n) is 3.96. The summed E-state index contributed by atoms with van der Waals surface area (Å²) in [5.41, 5.74) is 0. The van der Waals surface area contributed by atoms with E-state index in [0.29, 0.717) is 17.9 Å². The highest BCUT2D eigenvalue weighted by Crippen LogP contribution is 2.34. The highest BCUT2D eigenvalue weighted by molar-refractivity contribution is 5.73. The van der Waals surface area contributed by atoms with Gasteiger partial charge in [0.1, 0.15) is 0 Å². The number of carbonyl (C=O) groups excluding carboxylic acids is 1. The Hall–Kier alpha value is -0.850. The molecule has 3 rings (SSSR count). The fraction of sp³-hybridized carbons (Fsp3) is 0.938. The predicted molar refractivity (Wildman–Crippen MR) is 85.9 cm³/mol. The van der Waals surface area contributed by atoms with Crippen molar-refractivity contribution in [2.75, 3.05) is 73.6 Å². The lowest BCUT2D eigenvalue weighted by atomic mass is 9.84. The van der Waals surface area contributed by atoms with Crippen LogP contribution in [0.3, 0.4) is 0 Å². The Labute approximate surface area is 134 Å². The number of amides is 2. The van der Waals surface area contributed by atoms with Gasteiger partial charge < -0.3 is 19.4 Å². The van der Waals surface area contributed by atoms with Crippen molar-refractivity contribution in [3.05, 3.63) is 0 Å². The first kappa shape index (κ1) is 16.0. The molecule has 126 valence electrons. The molecule has 0 saturated carbocycles. The molecule has 6 heteroatoms. The largest absolute Gasteiger partial charge is 0.376 e. The number of urea groups is 1. The molecule has 22 heavy (non-hydrogen) atoms. The molecule has 3 heterocycles. The predicted octanol–water partition coefficient (Wildman–Crippen LogP) is 0.252. The molecule has 0 aromatic heterocycles. The van der Waals surface area contributed by atoms with Gasteiger partial charge >= 0.3 is 6.03 Å². The van der Waals surface area contributed by atoms with Gasteiger partial charge in [-0.05, 0) is 19.4 Å². The second-order valence-corrected chi connectivity index (χ2v) is 7.31. The molecule has 3 aliphatic rings. The zero-order valence-corrected chi connectivity index (χ0v) is 14.2. The van der Waals surface area contributed by atoms with Gasteiger partial charge in [-0.2, -0.15) is 0 Å². The summed E-state index contributed by atoms with van der Waals surface area (Å²) < 4.78 is 6.11. The number of likely N-dealkylation sites (N-methyl/N-ethyl adjacent to an activating group) is 1. The highest BCUT2D eigenvalue weighted by atomic mass is 16.5. The summed E-state index contributed by atoms with van der Waals surface area (Å²) in [6.45, 7) is 8.20. The number of likely N-dealkylation sites (tertiary alicyclic amines) is 1. The molecule has 0 aromatic carbocycles. The van der Waals surface area contributed by atoms with Crippen LogP contribution in [0.25, 0.3) is 0 Å². The number of nitrogens with zero attached hydrogens (tertiary/aromatic N) is 4. The third-order valence-corrected chi connectivity index (χ3v) is 5.50. The van der Waals surface area contributed by atoms with Crippen molar-refractivity contribution >= 4 is 6.03 Å². The van der Waals surface area contributed by atoms with Crippen molar-refractivity contribution in [1.82, 2.24) is 19.6 Å². The molecule has 2 amide bonds. The van der Waals surface area contributed by atoms with Crippen molar-refractivity contribution in [2.24, 2.45) is 11.8 Å². The van der Waals surface area contributed by atoms with E-state index in [-0.39, 0.29) is 6.03 Å². The Morgan fingerprint density at radius 2 is 1.91 bits per heavy atom. The number of hydrogen-bond donors (Lipinski definition) is 0. The fourth-order valence-corrected chi connectivity index (χ4v) is 3.96. The molecule has 3 aliphatic heterocycles. The second-order valence-electron chi connectivity index (χ2n) is 7.31. The maximum atomic E-state index is 12.2. The van der Waals surface area contributed by atoms with Gasteiger partial charge in [-0.15, -0.1) is 0 Å². The van der Waals surface area contributed by atoms with Crippen LogP contribution in [-0.4, -0.2) is 105 Å². The molecule has 0 unspecified atom stereocenters. The molecule has 0 radical (unpaired) electrons. The smallest absolute Gasteiger partial charge is 0.319 e. The molecule has 3 fully saturated rings. The average Bonchev–Trinajstić information content (AvgIpc) is 2.91. The van der Waals surface area contributed by atoms with Gasteiger partial charge in [0.15, 0.2) is 0 Å². The van der Waals surface area contributed by atoms with E-state index in [1.165, 1.54) is 0 Å². The molecule has 3 saturated heterocycles. The van der Waals surface area contributed by atoms with Gasteiger partial charge in [0.2, 0.25) is 0 Å². The summed E-state index contributed by atoms with van der Waals surface area (Å²) in [5, 5.41) is 0. The Bertz CT molecular complexity index is 396. The number of carbonyl (C=O) groups is 1. The highest BCUT2D eigenvalue weighted by Gasteiger charge is 2.42. The maximum absolute atomic E-state index is 12.2. The van der Waals surface area contributed by atoms with Crippen LogP contribution in [0.2, 0.25) is 0 Å². The molecule has 0 N–H and O–H groups in total. The quantitative estimate of drug-likeness (QED) is 0.733. The molecule has 6 nitrogen and oxygen atoms in total. The van der Waals surface area contributed by atoms with Crippen molar-refractivity contribution < 1.29 is 9.53 Å². The lowest BCUT2D eigenvalue weighted by Gasteiger charge is -2.39. The van der Waals surface area contributed by atoms with Crippen LogP contribution in [-0.2, 0) is 4.74 Å². The number of piperazine rings is 1. The van der Waals surface area contributed by atoms with E-state index in [1.54, 1.807) is 4.90 Å². The molecule has 3 atom stereocenters. The van der Waals surface area contributed by atoms with Gasteiger partial charge in [0, 0.05) is 65.8 Å². The van der Waals surface area contributed by atoms with Crippen LogP contribution in [0.1, 0.15) is 6.42 Å². The van der Waals surface area contributed by atoms with Crippen molar-refractivity contribution in [3.63, 3.8) is 0 Å². The third-order valence-electron chi connectivity index (χ3n) is 5.50. The Morgan fingerprint density at radius 3 is 2.59 bits per heavy atom. The number of piperidine rings is 1. The molecule has 0 aromatic rings. The maximum Gasteiger partial charge on any atom is 0.319 e. The second kappa shape index (κ2) is 6.72. The van der Waals surface area contributed by atoms with Crippen molar-refractivity contribution in [2.45, 2.75) is 12.5 Å². The number of ether oxygens (including phenoxy) is 1. The normalized spacial score (nSPS) is 33.8. The van der Waals surface area contributed by atoms with Crippen LogP contribution in [0, 0.1) is 11.8 Å². The monoisotopic (exact) mass is 310 g/mol. The van der Waals surface area contributed by atoms with Crippen molar-refractivity contribution in [3.8, 4) is 0 Å². The first-order chi connectivity index (χ1) is 10.5. The van der Waals surface area contributed by atoms with E-state index >= 15 is 0 Å². The minimum absolute atomic E-state index is 0.142. The molecule has 0 spiro atoms. The van der Waals surface area contributed by atoms with E-state index < -0.39 is 0 Å². The minimum Gasteiger partial charge on any atom is -0.376 e.